The summed E-state index contributed by atoms with van der Waals surface area (Å²) in [6, 6.07) is 13.3. The molecule has 3 rings (SSSR count). The summed E-state index contributed by atoms with van der Waals surface area (Å²) in [6.45, 7) is 0. The molecule has 0 amide bonds. The van der Waals surface area contributed by atoms with Gasteiger partial charge < -0.3 is 9.47 Å². The van der Waals surface area contributed by atoms with Crippen LogP contribution >= 0.6 is 0 Å². The van der Waals surface area contributed by atoms with Crippen LogP contribution in [0.3, 0.4) is 0 Å². The molecule has 0 spiro atoms. The molecule has 0 saturated heterocycles. The van der Waals surface area contributed by atoms with E-state index in [1.807, 2.05) is 0 Å². The van der Waals surface area contributed by atoms with E-state index in [1.165, 1.54) is 32.1 Å². The molecule has 0 heterocycles. The lowest BCUT2D eigenvalue weighted by molar-refractivity contribution is 0.210. The van der Waals surface area contributed by atoms with Crippen molar-refractivity contribution in [3.63, 3.8) is 0 Å². The Bertz CT molecular complexity index is 764. The summed E-state index contributed by atoms with van der Waals surface area (Å²) in [5, 5.41) is 0. The second kappa shape index (κ2) is 7.13. The summed E-state index contributed by atoms with van der Waals surface area (Å²) in [4.78, 5) is 0.189. The fourth-order valence-electron chi connectivity index (χ4n) is 2.77. The van der Waals surface area contributed by atoms with Gasteiger partial charge in [-0.25, -0.2) is 8.42 Å². The lowest BCUT2D eigenvalue weighted by Crippen LogP contribution is -2.13. The molecule has 0 atom stereocenters. The molecular weight excluding hydrogens is 326 g/mol. The van der Waals surface area contributed by atoms with E-state index >= 15 is 0 Å². The Morgan fingerprint density at radius 3 is 2.08 bits per heavy atom. The van der Waals surface area contributed by atoms with Crippen LogP contribution in [0.4, 0.5) is 5.69 Å². The molecule has 1 N–H and O–H groups in total. The molecule has 1 fully saturated rings. The van der Waals surface area contributed by atoms with Gasteiger partial charge in [-0.05, 0) is 74.2 Å². The minimum Gasteiger partial charge on any atom is -0.497 e. The van der Waals surface area contributed by atoms with Crippen molar-refractivity contribution in [2.75, 3.05) is 11.8 Å². The van der Waals surface area contributed by atoms with E-state index in [0.29, 0.717) is 11.4 Å². The van der Waals surface area contributed by atoms with Gasteiger partial charge in [0.25, 0.3) is 10.0 Å². The third-order valence-corrected chi connectivity index (χ3v) is 5.48. The molecule has 24 heavy (non-hydrogen) atoms. The van der Waals surface area contributed by atoms with Gasteiger partial charge in [0.05, 0.1) is 18.1 Å². The molecule has 0 unspecified atom stereocenters. The Morgan fingerprint density at radius 1 is 0.917 bits per heavy atom. The first-order valence-corrected chi connectivity index (χ1v) is 9.49. The van der Waals surface area contributed by atoms with Crippen LogP contribution < -0.4 is 14.2 Å². The van der Waals surface area contributed by atoms with Gasteiger partial charge >= 0.3 is 0 Å². The third kappa shape index (κ3) is 4.00. The summed E-state index contributed by atoms with van der Waals surface area (Å²) in [7, 11) is -2.08. The molecule has 2 aromatic carbocycles. The zero-order valence-corrected chi connectivity index (χ0v) is 14.4. The maximum Gasteiger partial charge on any atom is 0.261 e. The fraction of sp³-hybridized carbons (Fsp3) is 0.333. The molecule has 1 saturated carbocycles. The number of nitrogens with one attached hydrogen (secondary N) is 1. The van der Waals surface area contributed by atoms with E-state index in [4.69, 9.17) is 9.47 Å². The van der Waals surface area contributed by atoms with Crippen LogP contribution in [0.2, 0.25) is 0 Å². The minimum atomic E-state index is -3.62. The normalized spacial score (nSPS) is 15.2. The van der Waals surface area contributed by atoms with Gasteiger partial charge in [0.1, 0.15) is 11.5 Å². The average molecular weight is 347 g/mol. The van der Waals surface area contributed by atoms with E-state index in [2.05, 4.69) is 4.72 Å². The molecule has 1 aliphatic rings. The Kier molecular flexibility index (Phi) is 4.94. The van der Waals surface area contributed by atoms with Crippen LogP contribution in [0.5, 0.6) is 11.5 Å². The van der Waals surface area contributed by atoms with Crippen LogP contribution in [0.15, 0.2) is 53.4 Å². The molecule has 0 bridgehead atoms. The van der Waals surface area contributed by atoms with Crippen LogP contribution in [0, 0.1) is 0 Å². The number of methoxy groups -OCH3 is 1. The lowest BCUT2D eigenvalue weighted by atomic mass is 10.3. The maximum atomic E-state index is 12.4. The topological polar surface area (TPSA) is 64.6 Å². The predicted octanol–water partition coefficient (Wildman–Crippen LogP) is 3.82. The summed E-state index contributed by atoms with van der Waals surface area (Å²) < 4.78 is 38.3. The molecule has 5 nitrogen and oxygen atoms in total. The first-order valence-electron chi connectivity index (χ1n) is 8.00. The Hall–Kier alpha value is -2.21. The zero-order valence-electron chi connectivity index (χ0n) is 13.6. The monoisotopic (exact) mass is 347 g/mol. The first kappa shape index (κ1) is 16.6. The summed E-state index contributed by atoms with van der Waals surface area (Å²) >= 11 is 0. The van der Waals surface area contributed by atoms with Gasteiger partial charge in [0.2, 0.25) is 0 Å². The van der Waals surface area contributed by atoms with E-state index in [9.17, 15) is 8.42 Å². The number of ether oxygens (including phenoxy) is 2. The number of anilines is 1. The highest BCUT2D eigenvalue weighted by atomic mass is 32.2. The minimum absolute atomic E-state index is 0.189. The zero-order chi connectivity index (χ0) is 17.0. The summed E-state index contributed by atoms with van der Waals surface area (Å²) in [5.74, 6) is 1.39. The van der Waals surface area contributed by atoms with Crippen molar-refractivity contribution in [2.45, 2.75) is 36.7 Å². The van der Waals surface area contributed by atoms with Gasteiger partial charge in [-0.3, -0.25) is 4.72 Å². The highest BCUT2D eigenvalue weighted by Crippen LogP contribution is 2.26. The SMILES string of the molecule is COc1ccc(S(=O)(=O)Nc2ccc(OC3CCCC3)cc2)cc1. The van der Waals surface area contributed by atoms with Gasteiger partial charge in [0.15, 0.2) is 0 Å². The van der Waals surface area contributed by atoms with Crippen LogP contribution in [0.25, 0.3) is 0 Å². The van der Waals surface area contributed by atoms with Gasteiger partial charge in [0, 0.05) is 5.69 Å². The van der Waals surface area contributed by atoms with Gasteiger partial charge in [-0.2, -0.15) is 0 Å². The molecule has 0 aromatic heterocycles. The second-order valence-corrected chi connectivity index (χ2v) is 7.51. The van der Waals surface area contributed by atoms with Crippen molar-refractivity contribution in [1.82, 2.24) is 0 Å². The highest BCUT2D eigenvalue weighted by Gasteiger charge is 2.17. The smallest absolute Gasteiger partial charge is 0.261 e. The van der Waals surface area contributed by atoms with Crippen LogP contribution in [-0.2, 0) is 10.0 Å². The van der Waals surface area contributed by atoms with Crippen molar-refractivity contribution in [3.8, 4) is 11.5 Å². The number of sulfonamides is 1. The highest BCUT2D eigenvalue weighted by molar-refractivity contribution is 7.92. The van der Waals surface area contributed by atoms with E-state index < -0.39 is 10.0 Å². The summed E-state index contributed by atoms with van der Waals surface area (Å²) in [5.41, 5.74) is 0.504. The number of hydrogen-bond donors (Lipinski definition) is 1. The molecule has 0 aliphatic heterocycles. The molecule has 128 valence electrons. The fourth-order valence-corrected chi connectivity index (χ4v) is 3.83. The van der Waals surface area contributed by atoms with Crippen molar-refractivity contribution < 1.29 is 17.9 Å². The largest absolute Gasteiger partial charge is 0.497 e. The molecule has 0 radical (unpaired) electrons. The Balaban J connectivity index is 1.67. The lowest BCUT2D eigenvalue weighted by Gasteiger charge is -2.14. The Labute approximate surface area is 142 Å². The predicted molar refractivity (Wildman–Crippen MR) is 93.1 cm³/mol. The van der Waals surface area contributed by atoms with Crippen molar-refractivity contribution >= 4 is 15.7 Å². The van der Waals surface area contributed by atoms with Crippen LogP contribution in [-0.4, -0.2) is 21.6 Å². The van der Waals surface area contributed by atoms with Crippen LogP contribution in [0.1, 0.15) is 25.7 Å². The Morgan fingerprint density at radius 2 is 1.50 bits per heavy atom. The number of hydrogen-bond acceptors (Lipinski definition) is 4. The van der Waals surface area contributed by atoms with Gasteiger partial charge in [-0.1, -0.05) is 0 Å². The number of benzene rings is 2. The van der Waals surface area contributed by atoms with E-state index in [0.717, 1.165) is 18.6 Å². The molecular formula is C18H21NO4S. The quantitative estimate of drug-likeness (QED) is 0.863. The molecule has 1 aliphatic carbocycles. The number of rotatable bonds is 6. The van der Waals surface area contributed by atoms with Crippen molar-refractivity contribution in [2.24, 2.45) is 0 Å². The third-order valence-electron chi connectivity index (χ3n) is 4.08. The van der Waals surface area contributed by atoms with Crippen molar-refractivity contribution in [3.05, 3.63) is 48.5 Å². The van der Waals surface area contributed by atoms with Crippen molar-refractivity contribution in [1.29, 1.82) is 0 Å². The molecule has 2 aromatic rings. The standard InChI is InChI=1S/C18H21NO4S/c1-22-15-10-12-18(13-11-15)24(20,21)19-14-6-8-17(9-7-14)23-16-4-2-3-5-16/h6-13,16,19H,2-5H2,1H3. The first-order chi connectivity index (χ1) is 11.6. The summed E-state index contributed by atoms with van der Waals surface area (Å²) in [6.07, 6.45) is 4.89. The maximum absolute atomic E-state index is 12.4. The molecule has 6 heteroatoms. The van der Waals surface area contributed by atoms with Gasteiger partial charge in [-0.15, -0.1) is 0 Å². The van der Waals surface area contributed by atoms with E-state index in [1.54, 1.807) is 36.4 Å². The van der Waals surface area contributed by atoms with E-state index in [-0.39, 0.29) is 11.0 Å². The second-order valence-electron chi connectivity index (χ2n) is 5.83. The average Bonchev–Trinajstić information content (AvgIpc) is 3.09.